The Labute approximate surface area is 137 Å². The first-order valence-corrected chi connectivity index (χ1v) is 7.84. The molecular weight excluding hydrogens is 290 g/mol. The van der Waals surface area contributed by atoms with Crippen molar-refractivity contribution >= 4 is 23.1 Å². The van der Waals surface area contributed by atoms with Crippen LogP contribution in [0.2, 0.25) is 0 Å². The molecule has 0 fully saturated rings. The van der Waals surface area contributed by atoms with E-state index in [-0.39, 0.29) is 11.8 Å². The number of carbonyl (C=O) groups excluding carboxylic acids is 1. The largest absolute Gasteiger partial charge is 0.497 e. The smallest absolute Gasteiger partial charge is 0.227 e. The van der Waals surface area contributed by atoms with E-state index >= 15 is 0 Å². The standard InChI is InChI=1S/C18H23N3O2/c1-4-13(5-2)18(22)21-15-8-11-17(19-12-15)20-14-6-9-16(23-3)10-7-14/h6-13H,4-5H2,1-3H3,(H,19,20)(H,21,22). The molecule has 2 N–H and O–H groups in total. The summed E-state index contributed by atoms with van der Waals surface area (Å²) in [7, 11) is 1.64. The molecule has 122 valence electrons. The molecule has 5 heteroatoms. The zero-order chi connectivity index (χ0) is 16.7. The molecule has 5 nitrogen and oxygen atoms in total. The minimum Gasteiger partial charge on any atom is -0.497 e. The van der Waals surface area contributed by atoms with E-state index in [4.69, 9.17) is 4.74 Å². The SMILES string of the molecule is CCC(CC)C(=O)Nc1ccc(Nc2ccc(OC)cc2)nc1. The number of aromatic nitrogens is 1. The summed E-state index contributed by atoms with van der Waals surface area (Å²) in [6, 6.07) is 11.3. The van der Waals surface area contributed by atoms with E-state index in [1.54, 1.807) is 13.3 Å². The third-order valence-corrected chi connectivity index (χ3v) is 3.75. The predicted octanol–water partition coefficient (Wildman–Crippen LogP) is 4.21. The Morgan fingerprint density at radius 1 is 1.09 bits per heavy atom. The molecule has 0 aliphatic rings. The number of hydrogen-bond donors (Lipinski definition) is 2. The summed E-state index contributed by atoms with van der Waals surface area (Å²) in [5.41, 5.74) is 1.63. The number of carbonyl (C=O) groups is 1. The van der Waals surface area contributed by atoms with Crippen molar-refractivity contribution in [2.24, 2.45) is 5.92 Å². The van der Waals surface area contributed by atoms with Crippen molar-refractivity contribution in [3.8, 4) is 5.75 Å². The van der Waals surface area contributed by atoms with Crippen LogP contribution >= 0.6 is 0 Å². The van der Waals surface area contributed by atoms with Gasteiger partial charge in [-0.1, -0.05) is 13.8 Å². The van der Waals surface area contributed by atoms with Crippen LogP contribution in [0.4, 0.5) is 17.2 Å². The van der Waals surface area contributed by atoms with Gasteiger partial charge < -0.3 is 15.4 Å². The van der Waals surface area contributed by atoms with E-state index in [2.05, 4.69) is 15.6 Å². The first-order chi connectivity index (χ1) is 11.2. The van der Waals surface area contributed by atoms with Crippen molar-refractivity contribution in [3.05, 3.63) is 42.6 Å². The van der Waals surface area contributed by atoms with Gasteiger partial charge in [-0.3, -0.25) is 4.79 Å². The molecular formula is C18H23N3O2. The van der Waals surface area contributed by atoms with Gasteiger partial charge in [-0.25, -0.2) is 4.98 Å². The van der Waals surface area contributed by atoms with Crippen LogP contribution in [0.5, 0.6) is 5.75 Å². The number of rotatable bonds is 7. The average Bonchev–Trinajstić information content (AvgIpc) is 2.58. The minimum absolute atomic E-state index is 0.0482. The maximum atomic E-state index is 12.0. The fourth-order valence-electron chi connectivity index (χ4n) is 2.27. The topological polar surface area (TPSA) is 63.2 Å². The van der Waals surface area contributed by atoms with Crippen molar-refractivity contribution in [2.75, 3.05) is 17.7 Å². The normalized spacial score (nSPS) is 10.4. The highest BCUT2D eigenvalue weighted by Crippen LogP contribution is 2.20. The summed E-state index contributed by atoms with van der Waals surface area (Å²) in [4.78, 5) is 16.4. The summed E-state index contributed by atoms with van der Waals surface area (Å²) in [6.45, 7) is 4.04. The molecule has 1 aromatic carbocycles. The van der Waals surface area contributed by atoms with Crippen molar-refractivity contribution < 1.29 is 9.53 Å². The van der Waals surface area contributed by atoms with Crippen LogP contribution < -0.4 is 15.4 Å². The second kappa shape index (κ2) is 8.17. The molecule has 0 saturated heterocycles. The lowest BCUT2D eigenvalue weighted by molar-refractivity contribution is -0.120. The van der Waals surface area contributed by atoms with Gasteiger partial charge in [-0.2, -0.15) is 0 Å². The molecule has 23 heavy (non-hydrogen) atoms. The molecule has 1 aromatic heterocycles. The van der Waals surface area contributed by atoms with E-state index in [0.717, 1.165) is 30.1 Å². The fourth-order valence-corrected chi connectivity index (χ4v) is 2.27. The zero-order valence-corrected chi connectivity index (χ0v) is 13.8. The maximum absolute atomic E-state index is 12.0. The van der Waals surface area contributed by atoms with E-state index < -0.39 is 0 Å². The van der Waals surface area contributed by atoms with Gasteiger partial charge in [0.1, 0.15) is 11.6 Å². The molecule has 0 saturated carbocycles. The van der Waals surface area contributed by atoms with Gasteiger partial charge in [0.2, 0.25) is 5.91 Å². The average molecular weight is 313 g/mol. The number of nitrogens with zero attached hydrogens (tertiary/aromatic N) is 1. The van der Waals surface area contributed by atoms with E-state index in [0.29, 0.717) is 5.69 Å². The van der Waals surface area contributed by atoms with Crippen molar-refractivity contribution in [1.82, 2.24) is 4.98 Å². The minimum atomic E-state index is 0.0482. The number of methoxy groups -OCH3 is 1. The van der Waals surface area contributed by atoms with Crippen LogP contribution in [-0.2, 0) is 4.79 Å². The number of nitrogens with one attached hydrogen (secondary N) is 2. The van der Waals surface area contributed by atoms with Gasteiger partial charge in [-0.05, 0) is 49.2 Å². The molecule has 0 aliphatic carbocycles. The van der Waals surface area contributed by atoms with Crippen LogP contribution in [0.1, 0.15) is 26.7 Å². The van der Waals surface area contributed by atoms with Crippen LogP contribution in [0.15, 0.2) is 42.6 Å². The van der Waals surface area contributed by atoms with Crippen molar-refractivity contribution in [1.29, 1.82) is 0 Å². The second-order valence-electron chi connectivity index (χ2n) is 5.29. The molecule has 1 amide bonds. The Kier molecular flexibility index (Phi) is 5.97. The first kappa shape index (κ1) is 16.8. The number of hydrogen-bond acceptors (Lipinski definition) is 4. The summed E-state index contributed by atoms with van der Waals surface area (Å²) in [5.74, 6) is 1.62. The highest BCUT2D eigenvalue weighted by molar-refractivity contribution is 5.92. The van der Waals surface area contributed by atoms with Crippen LogP contribution in [-0.4, -0.2) is 18.0 Å². The first-order valence-electron chi connectivity index (χ1n) is 7.84. The Bertz CT molecular complexity index is 620. The highest BCUT2D eigenvalue weighted by Gasteiger charge is 2.14. The molecule has 0 atom stereocenters. The van der Waals surface area contributed by atoms with E-state index in [1.165, 1.54) is 0 Å². The summed E-state index contributed by atoms with van der Waals surface area (Å²) in [6.07, 6.45) is 3.34. The summed E-state index contributed by atoms with van der Waals surface area (Å²) >= 11 is 0. The number of ether oxygens (including phenoxy) is 1. The molecule has 0 radical (unpaired) electrons. The maximum Gasteiger partial charge on any atom is 0.227 e. The van der Waals surface area contributed by atoms with Crippen LogP contribution in [0.25, 0.3) is 0 Å². The highest BCUT2D eigenvalue weighted by atomic mass is 16.5. The van der Waals surface area contributed by atoms with Gasteiger partial charge >= 0.3 is 0 Å². The Balaban J connectivity index is 1.97. The summed E-state index contributed by atoms with van der Waals surface area (Å²) in [5, 5.41) is 6.11. The number of pyridine rings is 1. The van der Waals surface area contributed by atoms with Crippen molar-refractivity contribution in [3.63, 3.8) is 0 Å². The van der Waals surface area contributed by atoms with Gasteiger partial charge in [0.25, 0.3) is 0 Å². The lowest BCUT2D eigenvalue weighted by Crippen LogP contribution is -2.21. The molecule has 0 spiro atoms. The zero-order valence-electron chi connectivity index (χ0n) is 13.8. The fraction of sp³-hybridized carbons (Fsp3) is 0.333. The molecule has 0 unspecified atom stereocenters. The Morgan fingerprint density at radius 3 is 2.26 bits per heavy atom. The van der Waals surface area contributed by atoms with Gasteiger partial charge in [-0.15, -0.1) is 0 Å². The van der Waals surface area contributed by atoms with E-state index in [9.17, 15) is 4.79 Å². The predicted molar refractivity (Wildman–Crippen MR) is 93.2 cm³/mol. The molecule has 0 bridgehead atoms. The number of anilines is 3. The van der Waals surface area contributed by atoms with Crippen LogP contribution in [0, 0.1) is 5.92 Å². The van der Waals surface area contributed by atoms with E-state index in [1.807, 2.05) is 50.2 Å². The lowest BCUT2D eigenvalue weighted by Gasteiger charge is -2.13. The van der Waals surface area contributed by atoms with Gasteiger partial charge in [0.15, 0.2) is 0 Å². The Morgan fingerprint density at radius 2 is 1.74 bits per heavy atom. The molecule has 1 heterocycles. The molecule has 2 aromatic rings. The quantitative estimate of drug-likeness (QED) is 0.804. The third kappa shape index (κ3) is 4.71. The van der Waals surface area contributed by atoms with Gasteiger partial charge in [0, 0.05) is 11.6 Å². The number of amides is 1. The monoisotopic (exact) mass is 313 g/mol. The molecule has 2 rings (SSSR count). The van der Waals surface area contributed by atoms with Crippen molar-refractivity contribution in [2.45, 2.75) is 26.7 Å². The van der Waals surface area contributed by atoms with Crippen LogP contribution in [0.3, 0.4) is 0 Å². The Hall–Kier alpha value is -2.56. The number of benzene rings is 1. The second-order valence-corrected chi connectivity index (χ2v) is 5.29. The van der Waals surface area contributed by atoms with Gasteiger partial charge in [0.05, 0.1) is 19.0 Å². The summed E-state index contributed by atoms with van der Waals surface area (Å²) < 4.78 is 5.13. The molecule has 0 aliphatic heterocycles. The lowest BCUT2D eigenvalue weighted by atomic mass is 10.0. The third-order valence-electron chi connectivity index (χ3n) is 3.75.